The number of aliphatic hydroxyl groups is 1. The van der Waals surface area contributed by atoms with Crippen LogP contribution in [0.15, 0.2) is 36.5 Å². The Kier molecular flexibility index (Phi) is 5.88. The summed E-state index contributed by atoms with van der Waals surface area (Å²) in [7, 11) is 0. The van der Waals surface area contributed by atoms with Crippen molar-refractivity contribution < 1.29 is 29.6 Å². The van der Waals surface area contributed by atoms with Crippen LogP contribution in [0.5, 0.6) is 5.75 Å². The molecule has 1 aromatic heterocycles. The quantitative estimate of drug-likeness (QED) is 0.659. The maximum Gasteiger partial charge on any atom is 0.308 e. The molecule has 27 heavy (non-hydrogen) atoms. The van der Waals surface area contributed by atoms with E-state index in [9.17, 15) is 19.8 Å². The van der Waals surface area contributed by atoms with Crippen molar-refractivity contribution in [3.8, 4) is 5.75 Å². The summed E-state index contributed by atoms with van der Waals surface area (Å²) in [6, 6.07) is 9.19. The topological polar surface area (TPSA) is 120 Å². The number of carbonyl (C=O) groups is 2. The van der Waals surface area contributed by atoms with Gasteiger partial charge in [0, 0.05) is 24.7 Å². The van der Waals surface area contributed by atoms with Crippen LogP contribution in [0.25, 0.3) is 10.9 Å². The Morgan fingerprint density at radius 2 is 1.96 bits per heavy atom. The third-order valence-electron chi connectivity index (χ3n) is 4.84. The molecule has 3 unspecified atom stereocenters. The van der Waals surface area contributed by atoms with Gasteiger partial charge < -0.3 is 20.1 Å². The second-order valence-corrected chi connectivity index (χ2v) is 6.73. The highest BCUT2D eigenvalue weighted by Gasteiger charge is 2.39. The van der Waals surface area contributed by atoms with E-state index in [2.05, 4.69) is 4.98 Å². The van der Waals surface area contributed by atoms with E-state index in [0.29, 0.717) is 12.3 Å². The molecule has 8 heteroatoms. The van der Waals surface area contributed by atoms with Gasteiger partial charge in [-0.05, 0) is 37.2 Å². The van der Waals surface area contributed by atoms with Gasteiger partial charge in [0.15, 0.2) is 0 Å². The molecular weight excluding hydrogens is 352 g/mol. The van der Waals surface area contributed by atoms with E-state index >= 15 is 0 Å². The van der Waals surface area contributed by atoms with Crippen molar-refractivity contribution in [1.29, 1.82) is 0 Å². The molecule has 1 aliphatic heterocycles. The number of likely N-dealkylation sites (tertiary alicyclic amines) is 1. The van der Waals surface area contributed by atoms with E-state index < -0.39 is 29.9 Å². The molecule has 0 radical (unpaired) electrons. The number of nitrogens with zero attached hydrogens (tertiary/aromatic N) is 2. The molecule has 0 aliphatic carbocycles. The molecule has 1 aromatic carbocycles. The Morgan fingerprint density at radius 3 is 2.70 bits per heavy atom. The highest BCUT2D eigenvalue weighted by atomic mass is 16.5. The number of β-amino-alcohol motifs (C(OH)–C–C–N with tert-alkyl or cyclic N) is 1. The number of hydrogen-bond acceptors (Lipinski definition) is 6. The number of fused-ring (bicyclic) bond motifs is 1. The molecule has 2 heterocycles. The summed E-state index contributed by atoms with van der Waals surface area (Å²) >= 11 is 0. The molecule has 1 aliphatic rings. The van der Waals surface area contributed by atoms with Crippen LogP contribution in [0, 0.1) is 11.8 Å². The van der Waals surface area contributed by atoms with Gasteiger partial charge in [-0.1, -0.05) is 6.07 Å². The van der Waals surface area contributed by atoms with Crippen LogP contribution in [0.3, 0.4) is 0 Å². The summed E-state index contributed by atoms with van der Waals surface area (Å²) in [5, 5.41) is 29.6. The first-order valence-electron chi connectivity index (χ1n) is 8.78. The normalized spacial score (nSPS) is 21.7. The number of ether oxygens (including phenoxy) is 1. The largest absolute Gasteiger partial charge is 0.490 e. The first-order valence-corrected chi connectivity index (χ1v) is 8.78. The van der Waals surface area contributed by atoms with Crippen LogP contribution in [0.2, 0.25) is 0 Å². The van der Waals surface area contributed by atoms with Crippen LogP contribution >= 0.6 is 0 Å². The lowest BCUT2D eigenvalue weighted by atomic mass is 9.85. The van der Waals surface area contributed by atoms with Crippen LogP contribution in [-0.2, 0) is 9.59 Å². The molecule has 1 saturated heterocycles. The van der Waals surface area contributed by atoms with Crippen LogP contribution in [0.1, 0.15) is 6.42 Å². The van der Waals surface area contributed by atoms with Gasteiger partial charge in [-0.25, -0.2) is 0 Å². The van der Waals surface area contributed by atoms with E-state index in [4.69, 9.17) is 9.84 Å². The lowest BCUT2D eigenvalue weighted by Crippen LogP contribution is -2.49. The van der Waals surface area contributed by atoms with Crippen molar-refractivity contribution in [2.45, 2.75) is 12.5 Å². The molecule has 0 spiro atoms. The minimum absolute atomic E-state index is 0.0462. The molecule has 1 fully saturated rings. The van der Waals surface area contributed by atoms with Crippen molar-refractivity contribution in [2.24, 2.45) is 11.8 Å². The Labute approximate surface area is 156 Å². The van der Waals surface area contributed by atoms with E-state index in [1.165, 1.54) is 0 Å². The SMILES string of the molecule is O=C(O)C1CCN(CC(O)COc2cccc3ncccc23)CC1C(=O)O. The Hall–Kier alpha value is -2.71. The van der Waals surface area contributed by atoms with Gasteiger partial charge >= 0.3 is 11.9 Å². The van der Waals surface area contributed by atoms with E-state index in [1.54, 1.807) is 17.2 Å². The zero-order valence-corrected chi connectivity index (χ0v) is 14.7. The summed E-state index contributed by atoms with van der Waals surface area (Å²) < 4.78 is 5.73. The van der Waals surface area contributed by atoms with Crippen molar-refractivity contribution in [1.82, 2.24) is 9.88 Å². The number of hydrogen-bond donors (Lipinski definition) is 3. The van der Waals surface area contributed by atoms with E-state index in [0.717, 1.165) is 10.9 Å². The maximum atomic E-state index is 11.4. The number of benzene rings is 1. The lowest BCUT2D eigenvalue weighted by molar-refractivity contribution is -0.157. The second kappa shape index (κ2) is 8.32. The number of carboxylic acids is 2. The predicted molar refractivity (Wildman–Crippen MR) is 96.6 cm³/mol. The summed E-state index contributed by atoms with van der Waals surface area (Å²) in [6.07, 6.45) is 1.11. The number of aliphatic hydroxyl groups excluding tert-OH is 1. The van der Waals surface area contributed by atoms with Crippen molar-refractivity contribution in [3.05, 3.63) is 36.5 Å². The Balaban J connectivity index is 1.57. The highest BCUT2D eigenvalue weighted by molar-refractivity contribution is 5.84. The minimum atomic E-state index is -1.12. The summed E-state index contributed by atoms with van der Waals surface area (Å²) in [6.45, 7) is 0.793. The van der Waals surface area contributed by atoms with Gasteiger partial charge in [-0.2, -0.15) is 0 Å². The third kappa shape index (κ3) is 4.53. The fourth-order valence-electron chi connectivity index (χ4n) is 3.47. The lowest BCUT2D eigenvalue weighted by Gasteiger charge is -2.35. The molecule has 8 nitrogen and oxygen atoms in total. The van der Waals surface area contributed by atoms with Gasteiger partial charge in [0.2, 0.25) is 0 Å². The average Bonchev–Trinajstić information content (AvgIpc) is 2.66. The van der Waals surface area contributed by atoms with Gasteiger partial charge in [-0.3, -0.25) is 19.5 Å². The van der Waals surface area contributed by atoms with Crippen molar-refractivity contribution in [3.63, 3.8) is 0 Å². The molecule has 0 saturated carbocycles. The average molecular weight is 374 g/mol. The molecule has 3 atom stereocenters. The zero-order chi connectivity index (χ0) is 19.4. The highest BCUT2D eigenvalue weighted by Crippen LogP contribution is 2.26. The number of pyridine rings is 1. The number of aromatic nitrogens is 1. The number of piperidine rings is 1. The molecule has 3 rings (SSSR count). The first-order chi connectivity index (χ1) is 13.0. The Bertz CT molecular complexity index is 821. The fourth-order valence-corrected chi connectivity index (χ4v) is 3.47. The maximum absolute atomic E-state index is 11.4. The van der Waals surface area contributed by atoms with Crippen molar-refractivity contribution >= 4 is 22.8 Å². The second-order valence-electron chi connectivity index (χ2n) is 6.73. The molecule has 2 aromatic rings. The molecule has 144 valence electrons. The zero-order valence-electron chi connectivity index (χ0n) is 14.7. The molecule has 0 amide bonds. The Morgan fingerprint density at radius 1 is 1.19 bits per heavy atom. The van der Waals surface area contributed by atoms with Gasteiger partial charge in [-0.15, -0.1) is 0 Å². The standard InChI is InChI=1S/C19H22N2O6/c22-12(9-21-8-6-13(18(23)24)15(10-21)19(25)26)11-27-17-5-1-4-16-14(17)3-2-7-20-16/h1-5,7,12-13,15,22H,6,8-11H2,(H,23,24)(H,25,26). The third-order valence-corrected chi connectivity index (χ3v) is 4.84. The minimum Gasteiger partial charge on any atom is -0.490 e. The predicted octanol–water partition coefficient (Wildman–Crippen LogP) is 1.08. The van der Waals surface area contributed by atoms with Crippen LogP contribution in [0.4, 0.5) is 0 Å². The number of rotatable bonds is 7. The summed E-state index contributed by atoms with van der Waals surface area (Å²) in [5.74, 6) is -3.46. The number of carboxylic acid groups (broad SMARTS) is 2. The van der Waals surface area contributed by atoms with E-state index in [-0.39, 0.29) is 26.1 Å². The smallest absolute Gasteiger partial charge is 0.308 e. The summed E-state index contributed by atoms with van der Waals surface area (Å²) in [5.41, 5.74) is 0.796. The summed E-state index contributed by atoms with van der Waals surface area (Å²) in [4.78, 5) is 28.6. The first kappa shape index (κ1) is 19.1. The molecular formula is C19H22N2O6. The molecule has 3 N–H and O–H groups in total. The van der Waals surface area contributed by atoms with E-state index in [1.807, 2.05) is 24.3 Å². The number of aliphatic carboxylic acids is 2. The van der Waals surface area contributed by atoms with Gasteiger partial charge in [0.1, 0.15) is 18.5 Å². The monoisotopic (exact) mass is 374 g/mol. The van der Waals surface area contributed by atoms with Crippen molar-refractivity contribution in [2.75, 3.05) is 26.2 Å². The van der Waals surface area contributed by atoms with Gasteiger partial charge in [0.05, 0.1) is 17.4 Å². The van der Waals surface area contributed by atoms with Gasteiger partial charge in [0.25, 0.3) is 0 Å². The fraction of sp³-hybridized carbons (Fsp3) is 0.421. The van der Waals surface area contributed by atoms with Crippen LogP contribution in [-0.4, -0.2) is 69.5 Å². The molecule has 0 bridgehead atoms. The van der Waals surface area contributed by atoms with Crippen LogP contribution < -0.4 is 4.74 Å².